The first kappa shape index (κ1) is 21.7. The molecule has 0 saturated heterocycles. The number of aliphatic carboxylic acids is 1. The number of aliphatic imine (C=N–C) groups is 1. The molecule has 1 aromatic rings. The topological polar surface area (TPSA) is 90.7 Å². The van der Waals surface area contributed by atoms with E-state index in [0.717, 1.165) is 45.7 Å². The second-order valence-electron chi connectivity index (χ2n) is 7.65. The number of hydrogen-bond donors (Lipinski definition) is 2. The zero-order valence-corrected chi connectivity index (χ0v) is 18.6. The van der Waals surface area contributed by atoms with E-state index in [1.165, 1.54) is 0 Å². The number of allylic oxidation sites excluding steroid dienone is 2. The van der Waals surface area contributed by atoms with Gasteiger partial charge in [-0.25, -0.2) is 9.97 Å². The molecule has 0 saturated carbocycles. The molecule has 1 aliphatic heterocycles. The zero-order chi connectivity index (χ0) is 18.9. The minimum atomic E-state index is -0.773. The van der Waals surface area contributed by atoms with Crippen molar-refractivity contribution in [3.63, 3.8) is 0 Å². The monoisotopic (exact) mass is 455 g/mol. The summed E-state index contributed by atoms with van der Waals surface area (Å²) in [5.74, 6) is 0.0991. The molecule has 0 atom stereocenters. The number of carboxylic acid groups (broad SMARTS) is 1. The number of thioether (sulfide) groups is 1. The van der Waals surface area contributed by atoms with Crippen molar-refractivity contribution >= 4 is 51.9 Å². The summed E-state index contributed by atoms with van der Waals surface area (Å²) in [5.41, 5.74) is 3.26. The molecule has 1 aromatic heterocycles. The fraction of sp³-hybridized carbons (Fsp3) is 0.556. The number of aromatic nitrogens is 2. The van der Waals surface area contributed by atoms with Gasteiger partial charge in [0.2, 0.25) is 0 Å². The maximum atomic E-state index is 10.7. The van der Waals surface area contributed by atoms with Crippen LogP contribution in [0.3, 0.4) is 0 Å². The Hall–Kier alpha value is -1.61. The molecule has 148 valence electrons. The zero-order valence-electron chi connectivity index (χ0n) is 16.1. The van der Waals surface area contributed by atoms with E-state index >= 15 is 0 Å². The van der Waals surface area contributed by atoms with Gasteiger partial charge in [-0.3, -0.25) is 9.79 Å². The molecule has 0 fully saturated rings. The summed E-state index contributed by atoms with van der Waals surface area (Å²) in [6, 6.07) is 0. The average Bonchev–Trinajstić information content (AvgIpc) is 2.55. The van der Waals surface area contributed by atoms with Crippen molar-refractivity contribution in [3.05, 3.63) is 16.9 Å². The van der Waals surface area contributed by atoms with Gasteiger partial charge in [-0.05, 0) is 24.7 Å². The van der Waals surface area contributed by atoms with Crippen molar-refractivity contribution in [2.45, 2.75) is 44.6 Å². The van der Waals surface area contributed by atoms with Crippen LogP contribution < -0.4 is 10.2 Å². The van der Waals surface area contributed by atoms with Gasteiger partial charge >= 0.3 is 5.97 Å². The lowest BCUT2D eigenvalue weighted by molar-refractivity contribution is -0.137. The number of fused-ring (bicyclic) bond motifs is 1. The Bertz CT molecular complexity index is 792. The minimum Gasteiger partial charge on any atom is -0.481 e. The van der Waals surface area contributed by atoms with Gasteiger partial charge in [0.15, 0.2) is 5.82 Å². The molecule has 7 nitrogen and oxygen atoms in total. The average molecular weight is 456 g/mol. The SMILES string of the molecule is Br.CN(C)c1ncnc2c1NC1=C(S2)C(=NCCCC(=O)O)CC(C)(C)C1. The highest BCUT2D eigenvalue weighted by atomic mass is 79.9. The van der Waals surface area contributed by atoms with Crippen molar-refractivity contribution in [1.82, 2.24) is 9.97 Å². The summed E-state index contributed by atoms with van der Waals surface area (Å²) in [7, 11) is 3.94. The van der Waals surface area contributed by atoms with Crippen molar-refractivity contribution in [1.29, 1.82) is 0 Å². The van der Waals surface area contributed by atoms with Gasteiger partial charge in [0.1, 0.15) is 17.0 Å². The van der Waals surface area contributed by atoms with Gasteiger partial charge in [-0.1, -0.05) is 25.6 Å². The van der Waals surface area contributed by atoms with Gasteiger partial charge in [0.05, 0.1) is 10.6 Å². The highest BCUT2D eigenvalue weighted by Crippen LogP contribution is 2.49. The van der Waals surface area contributed by atoms with Crippen molar-refractivity contribution < 1.29 is 9.90 Å². The molecule has 0 unspecified atom stereocenters. The molecule has 3 rings (SSSR count). The van der Waals surface area contributed by atoms with Gasteiger partial charge < -0.3 is 15.3 Å². The first-order valence-corrected chi connectivity index (χ1v) is 9.54. The quantitative estimate of drug-likeness (QED) is 0.512. The fourth-order valence-electron chi connectivity index (χ4n) is 3.26. The number of nitrogens with zero attached hydrogens (tertiary/aromatic N) is 4. The summed E-state index contributed by atoms with van der Waals surface area (Å²) in [6.07, 6.45) is 4.12. The lowest BCUT2D eigenvalue weighted by Crippen LogP contribution is -2.30. The lowest BCUT2D eigenvalue weighted by atomic mass is 9.78. The van der Waals surface area contributed by atoms with E-state index in [1.807, 2.05) is 19.0 Å². The number of carbonyl (C=O) groups is 1. The predicted octanol–water partition coefficient (Wildman–Crippen LogP) is 3.98. The third kappa shape index (κ3) is 5.01. The Balaban J connectivity index is 0.00000261. The van der Waals surface area contributed by atoms with E-state index in [4.69, 9.17) is 10.1 Å². The van der Waals surface area contributed by atoms with Crippen LogP contribution >= 0.6 is 28.7 Å². The van der Waals surface area contributed by atoms with Crippen LogP contribution in [0.2, 0.25) is 0 Å². The van der Waals surface area contributed by atoms with E-state index in [2.05, 4.69) is 29.1 Å². The standard InChI is InChI=1S/C18H25N5O2S.BrH/c1-18(2)8-11(19-7-5-6-13(24)25)15-12(9-18)22-14-16(23(3)4)20-10-21-17(14)26-15;/h10,22H,5-9H2,1-4H3,(H,24,25);1H. The number of halogens is 1. The van der Waals surface area contributed by atoms with Gasteiger partial charge in [0.25, 0.3) is 0 Å². The van der Waals surface area contributed by atoms with Gasteiger partial charge in [-0.2, -0.15) is 0 Å². The van der Waals surface area contributed by atoms with Crippen molar-refractivity contribution in [3.8, 4) is 0 Å². The largest absolute Gasteiger partial charge is 0.481 e. The molecule has 2 heterocycles. The fourth-order valence-corrected chi connectivity index (χ4v) is 4.30. The molecule has 2 N–H and O–H groups in total. The molecule has 0 radical (unpaired) electrons. The van der Waals surface area contributed by atoms with E-state index in [-0.39, 0.29) is 28.8 Å². The maximum Gasteiger partial charge on any atom is 0.303 e. The summed E-state index contributed by atoms with van der Waals surface area (Å²) in [6.45, 7) is 5.01. The Morgan fingerprint density at radius 3 is 2.78 bits per heavy atom. The molecule has 0 amide bonds. The summed E-state index contributed by atoms with van der Waals surface area (Å²) in [4.78, 5) is 27.4. The van der Waals surface area contributed by atoms with E-state index in [1.54, 1.807) is 18.1 Å². The Labute approximate surface area is 174 Å². The predicted molar refractivity (Wildman–Crippen MR) is 115 cm³/mol. The first-order valence-electron chi connectivity index (χ1n) is 8.73. The molecule has 9 heteroatoms. The summed E-state index contributed by atoms with van der Waals surface area (Å²) in [5, 5.41) is 13.3. The normalized spacial score (nSPS) is 18.9. The van der Waals surface area contributed by atoms with Crippen molar-refractivity contribution in [2.75, 3.05) is 30.9 Å². The molecular formula is C18H26BrN5O2S. The van der Waals surface area contributed by atoms with Crippen LogP contribution in [0.4, 0.5) is 11.5 Å². The molecule has 2 aliphatic rings. The molecule has 0 aromatic carbocycles. The third-order valence-corrected chi connectivity index (χ3v) is 5.57. The van der Waals surface area contributed by atoms with Crippen LogP contribution in [0.1, 0.15) is 39.5 Å². The molecular weight excluding hydrogens is 430 g/mol. The van der Waals surface area contributed by atoms with Crippen LogP contribution in [0.5, 0.6) is 0 Å². The Morgan fingerprint density at radius 2 is 2.11 bits per heavy atom. The number of hydrogen-bond acceptors (Lipinski definition) is 7. The van der Waals surface area contributed by atoms with Crippen LogP contribution in [0, 0.1) is 5.41 Å². The molecule has 0 bridgehead atoms. The second kappa shape index (κ2) is 8.60. The minimum absolute atomic E-state index is 0. The molecule has 27 heavy (non-hydrogen) atoms. The van der Waals surface area contributed by atoms with Crippen molar-refractivity contribution in [2.24, 2.45) is 10.4 Å². The molecule has 1 aliphatic carbocycles. The van der Waals surface area contributed by atoms with Gasteiger partial charge in [-0.15, -0.1) is 17.0 Å². The number of nitrogens with one attached hydrogen (secondary N) is 1. The van der Waals surface area contributed by atoms with E-state index < -0.39 is 5.97 Å². The lowest BCUT2D eigenvalue weighted by Gasteiger charge is -2.37. The highest BCUT2D eigenvalue weighted by molar-refractivity contribution is 8.93. The van der Waals surface area contributed by atoms with E-state index in [9.17, 15) is 4.79 Å². The summed E-state index contributed by atoms with van der Waals surface area (Å²) >= 11 is 1.64. The number of rotatable bonds is 5. The molecule has 0 spiro atoms. The second-order valence-corrected chi connectivity index (χ2v) is 8.65. The van der Waals surface area contributed by atoms with Gasteiger partial charge in [0, 0.05) is 32.8 Å². The van der Waals surface area contributed by atoms with Crippen LogP contribution in [-0.2, 0) is 4.79 Å². The Morgan fingerprint density at radius 1 is 1.37 bits per heavy atom. The number of carboxylic acids is 1. The van der Waals surface area contributed by atoms with Crippen LogP contribution in [-0.4, -0.2) is 47.4 Å². The summed E-state index contributed by atoms with van der Waals surface area (Å²) < 4.78 is 0. The van der Waals surface area contributed by atoms with Crippen LogP contribution in [0.15, 0.2) is 26.9 Å². The van der Waals surface area contributed by atoms with Crippen LogP contribution in [0.25, 0.3) is 0 Å². The third-order valence-electron chi connectivity index (χ3n) is 4.38. The highest BCUT2D eigenvalue weighted by Gasteiger charge is 2.36. The van der Waals surface area contributed by atoms with E-state index in [0.29, 0.717) is 13.0 Å². The number of anilines is 2. The maximum absolute atomic E-state index is 10.7. The first-order chi connectivity index (χ1) is 12.3. The Kier molecular flexibility index (Phi) is 6.91. The smallest absolute Gasteiger partial charge is 0.303 e.